The van der Waals surface area contributed by atoms with Crippen LogP contribution in [-0.2, 0) is 19.1 Å². The lowest BCUT2D eigenvalue weighted by Gasteiger charge is -2.31. The minimum atomic E-state index is -6.33. The van der Waals surface area contributed by atoms with Crippen molar-refractivity contribution >= 4 is 11.8 Å². The highest BCUT2D eigenvalue weighted by atomic mass is 19.4. The average molecular weight is 366 g/mol. The van der Waals surface area contributed by atoms with E-state index in [2.05, 4.69) is 11.3 Å². The van der Waals surface area contributed by atoms with Gasteiger partial charge in [-0.3, -0.25) is 4.79 Å². The topological polar surface area (TPSA) is 72.8 Å². The quantitative estimate of drug-likeness (QED) is 0.425. The smallest absolute Gasteiger partial charge is 0.437 e. The van der Waals surface area contributed by atoms with Crippen LogP contribution >= 0.6 is 0 Å². The molecule has 5 nitrogen and oxygen atoms in total. The largest absolute Gasteiger partial charge is 0.460 e. The van der Waals surface area contributed by atoms with E-state index in [9.17, 15) is 35.9 Å². The SMILES string of the molecule is C=C(C)C(=O)COC(C)(C)COC(=O)C(O)(C(F)(F)F)C(F)(F)F. The molecule has 0 aliphatic heterocycles. The lowest BCUT2D eigenvalue weighted by atomic mass is 10.0. The number of aliphatic hydroxyl groups is 1. The summed E-state index contributed by atoms with van der Waals surface area (Å²) in [5.41, 5.74) is -7.13. The van der Waals surface area contributed by atoms with E-state index in [1.165, 1.54) is 6.92 Å². The highest BCUT2D eigenvalue weighted by Crippen LogP contribution is 2.43. The van der Waals surface area contributed by atoms with E-state index in [0.29, 0.717) is 0 Å². The minimum Gasteiger partial charge on any atom is -0.460 e. The molecule has 0 aromatic carbocycles. The van der Waals surface area contributed by atoms with Crippen molar-refractivity contribution in [3.8, 4) is 0 Å². The molecule has 0 aliphatic carbocycles. The lowest BCUT2D eigenvalue weighted by molar-refractivity contribution is -0.357. The van der Waals surface area contributed by atoms with Gasteiger partial charge in [-0.05, 0) is 26.3 Å². The third-order valence-corrected chi connectivity index (χ3v) is 2.74. The van der Waals surface area contributed by atoms with E-state index >= 15 is 0 Å². The Balaban J connectivity index is 5.04. The Morgan fingerprint density at radius 3 is 1.79 bits per heavy atom. The summed E-state index contributed by atoms with van der Waals surface area (Å²) < 4.78 is 83.6. The van der Waals surface area contributed by atoms with Gasteiger partial charge in [0.2, 0.25) is 0 Å². The van der Waals surface area contributed by atoms with Gasteiger partial charge in [0.25, 0.3) is 0 Å². The molecule has 0 saturated heterocycles. The van der Waals surface area contributed by atoms with Crippen LogP contribution in [0.5, 0.6) is 0 Å². The number of rotatable bonds is 7. The van der Waals surface area contributed by atoms with E-state index < -0.39 is 48.5 Å². The zero-order valence-corrected chi connectivity index (χ0v) is 13.0. The molecule has 1 N–H and O–H groups in total. The number of carbonyl (C=O) groups excluding carboxylic acids is 2. The Bertz CT molecular complexity index is 492. The van der Waals surface area contributed by atoms with Gasteiger partial charge in [0, 0.05) is 0 Å². The average Bonchev–Trinajstić information content (AvgIpc) is 2.38. The summed E-state index contributed by atoms with van der Waals surface area (Å²) in [6.07, 6.45) is -12.7. The monoisotopic (exact) mass is 366 g/mol. The zero-order chi connectivity index (χ0) is 19.6. The van der Waals surface area contributed by atoms with Crippen LogP contribution in [0.4, 0.5) is 26.3 Å². The van der Waals surface area contributed by atoms with Crippen LogP contribution in [-0.4, -0.2) is 53.6 Å². The van der Waals surface area contributed by atoms with Crippen molar-refractivity contribution in [1.29, 1.82) is 0 Å². The molecule has 0 saturated carbocycles. The number of hydrogen-bond acceptors (Lipinski definition) is 5. The number of hydrogen-bond donors (Lipinski definition) is 1. The summed E-state index contributed by atoms with van der Waals surface area (Å²) in [6, 6.07) is 0. The van der Waals surface area contributed by atoms with Gasteiger partial charge in [0.05, 0.1) is 5.60 Å². The van der Waals surface area contributed by atoms with Crippen molar-refractivity contribution < 1.29 is 50.5 Å². The number of ketones is 1. The van der Waals surface area contributed by atoms with E-state index in [-0.39, 0.29) is 5.57 Å². The van der Waals surface area contributed by atoms with Gasteiger partial charge in [0.15, 0.2) is 5.78 Å². The molecule has 0 rings (SSSR count). The molecule has 0 spiro atoms. The standard InChI is InChI=1S/C13H16F6O5/c1-7(2)8(20)5-24-10(3,4)6-23-9(21)11(22,12(14,15)16)13(17,18)19/h22H,1,5-6H2,2-4H3. The van der Waals surface area contributed by atoms with Gasteiger partial charge >= 0.3 is 23.9 Å². The Morgan fingerprint density at radius 1 is 1.04 bits per heavy atom. The number of esters is 1. The molecule has 140 valence electrons. The molecule has 0 bridgehead atoms. The van der Waals surface area contributed by atoms with Crippen LogP contribution in [0.15, 0.2) is 12.2 Å². The van der Waals surface area contributed by atoms with Crippen molar-refractivity contribution in [3.05, 3.63) is 12.2 Å². The molecular formula is C13H16F6O5. The zero-order valence-electron chi connectivity index (χ0n) is 13.0. The third kappa shape index (κ3) is 5.20. The minimum absolute atomic E-state index is 0.117. The van der Waals surface area contributed by atoms with Crippen LogP contribution in [0, 0.1) is 0 Å². The molecule has 0 atom stereocenters. The van der Waals surface area contributed by atoms with Crippen molar-refractivity contribution in [2.24, 2.45) is 0 Å². The van der Waals surface area contributed by atoms with E-state index in [1.54, 1.807) is 0 Å². The molecule has 0 aliphatic rings. The molecule has 0 aromatic rings. The van der Waals surface area contributed by atoms with Crippen LogP contribution in [0.2, 0.25) is 0 Å². The van der Waals surface area contributed by atoms with Crippen molar-refractivity contribution in [2.75, 3.05) is 13.2 Å². The number of halogens is 6. The van der Waals surface area contributed by atoms with Gasteiger partial charge in [-0.2, -0.15) is 26.3 Å². The Morgan fingerprint density at radius 2 is 1.46 bits per heavy atom. The van der Waals surface area contributed by atoms with Gasteiger partial charge in [-0.1, -0.05) is 6.58 Å². The fourth-order valence-corrected chi connectivity index (χ4v) is 1.16. The fourth-order valence-electron chi connectivity index (χ4n) is 1.16. The molecule has 0 unspecified atom stereocenters. The van der Waals surface area contributed by atoms with E-state index in [0.717, 1.165) is 13.8 Å². The van der Waals surface area contributed by atoms with Crippen molar-refractivity contribution in [2.45, 2.75) is 44.3 Å². The first-order valence-corrected chi connectivity index (χ1v) is 6.31. The first-order valence-electron chi connectivity index (χ1n) is 6.31. The molecule has 11 heteroatoms. The first-order chi connectivity index (χ1) is 10.5. The Labute approximate surface area is 133 Å². The summed E-state index contributed by atoms with van der Waals surface area (Å²) in [7, 11) is 0. The predicted octanol–water partition coefficient (Wildman–Crippen LogP) is 2.33. The molecule has 0 amide bonds. The summed E-state index contributed by atoms with van der Waals surface area (Å²) in [6.45, 7) is 5.37. The summed E-state index contributed by atoms with van der Waals surface area (Å²) >= 11 is 0. The first kappa shape index (κ1) is 22.4. The molecular weight excluding hydrogens is 350 g/mol. The predicted molar refractivity (Wildman–Crippen MR) is 67.9 cm³/mol. The summed E-state index contributed by atoms with van der Waals surface area (Å²) in [5.74, 6) is -3.50. The van der Waals surface area contributed by atoms with Gasteiger partial charge in [-0.25, -0.2) is 4.79 Å². The second-order valence-corrected chi connectivity index (χ2v) is 5.53. The maximum Gasteiger partial charge on any atom is 0.437 e. The van der Waals surface area contributed by atoms with Crippen molar-refractivity contribution in [1.82, 2.24) is 0 Å². The second kappa shape index (κ2) is 7.09. The summed E-state index contributed by atoms with van der Waals surface area (Å²) in [4.78, 5) is 22.5. The van der Waals surface area contributed by atoms with Gasteiger partial charge < -0.3 is 14.6 Å². The lowest BCUT2D eigenvalue weighted by Crippen LogP contribution is -2.63. The number of alkyl halides is 6. The molecule has 24 heavy (non-hydrogen) atoms. The maximum absolute atomic E-state index is 12.5. The molecule has 0 radical (unpaired) electrons. The number of Topliss-reactive ketones (excluding diaryl/α,β-unsaturated/α-hetero) is 1. The van der Waals surface area contributed by atoms with Crippen LogP contribution in [0.25, 0.3) is 0 Å². The third-order valence-electron chi connectivity index (χ3n) is 2.74. The Hall–Kier alpha value is -1.62. The van der Waals surface area contributed by atoms with E-state index in [1.807, 2.05) is 0 Å². The highest BCUT2D eigenvalue weighted by molar-refractivity contribution is 5.95. The Kier molecular flexibility index (Phi) is 6.62. The fraction of sp³-hybridized carbons (Fsp3) is 0.692. The van der Waals surface area contributed by atoms with Crippen molar-refractivity contribution in [3.63, 3.8) is 0 Å². The second-order valence-electron chi connectivity index (χ2n) is 5.53. The van der Waals surface area contributed by atoms with Crippen LogP contribution < -0.4 is 0 Å². The molecule has 0 aromatic heterocycles. The maximum atomic E-state index is 12.5. The van der Waals surface area contributed by atoms with E-state index in [4.69, 9.17) is 9.84 Å². The van der Waals surface area contributed by atoms with Crippen LogP contribution in [0.1, 0.15) is 20.8 Å². The van der Waals surface area contributed by atoms with Gasteiger partial charge in [-0.15, -0.1) is 0 Å². The molecule has 0 heterocycles. The number of carbonyl (C=O) groups is 2. The van der Waals surface area contributed by atoms with Gasteiger partial charge in [0.1, 0.15) is 13.2 Å². The van der Waals surface area contributed by atoms with Crippen LogP contribution in [0.3, 0.4) is 0 Å². The normalized spacial score (nSPS) is 13.6. The molecule has 0 fully saturated rings. The number of ether oxygens (including phenoxy) is 2. The summed E-state index contributed by atoms with van der Waals surface area (Å²) in [5, 5.41) is 8.81. The highest BCUT2D eigenvalue weighted by Gasteiger charge is 2.76.